The average molecular weight is 372 g/mol. The van der Waals surface area contributed by atoms with Crippen LogP contribution in [0.15, 0.2) is 53.9 Å². The second kappa shape index (κ2) is 7.17. The summed E-state index contributed by atoms with van der Waals surface area (Å²) >= 11 is 3.62. The third kappa shape index (κ3) is 3.43. The fourth-order valence-electron chi connectivity index (χ4n) is 2.85. The van der Waals surface area contributed by atoms with Gasteiger partial charge in [0, 0.05) is 34.7 Å². The molecule has 0 spiro atoms. The van der Waals surface area contributed by atoms with E-state index in [9.17, 15) is 4.39 Å². The van der Waals surface area contributed by atoms with Gasteiger partial charge in [0.15, 0.2) is 11.0 Å². The lowest BCUT2D eigenvalue weighted by Crippen LogP contribution is -2.12. The Bertz CT molecular complexity index is 851. The van der Waals surface area contributed by atoms with E-state index in [-0.39, 0.29) is 5.82 Å². The quantitative estimate of drug-likeness (QED) is 0.654. The summed E-state index contributed by atoms with van der Waals surface area (Å²) in [6.07, 6.45) is 3.59. The molecule has 25 heavy (non-hydrogen) atoms. The van der Waals surface area contributed by atoms with Crippen molar-refractivity contribution in [2.24, 2.45) is 0 Å². The van der Waals surface area contributed by atoms with Gasteiger partial charge in [0.2, 0.25) is 0 Å². The smallest absolute Gasteiger partial charge is 0.191 e. The molecule has 0 saturated carbocycles. The Kier molecular flexibility index (Phi) is 4.76. The van der Waals surface area contributed by atoms with Crippen LogP contribution in [-0.2, 0) is 0 Å². The summed E-state index contributed by atoms with van der Waals surface area (Å²) in [6.45, 7) is 2.16. The Balaban J connectivity index is 1.49. The predicted molar refractivity (Wildman–Crippen MR) is 100 cm³/mol. The minimum absolute atomic E-state index is 0.191. The van der Waals surface area contributed by atoms with Gasteiger partial charge in [0.1, 0.15) is 5.82 Å². The van der Waals surface area contributed by atoms with Crippen LogP contribution in [0.25, 0.3) is 11.4 Å². The maximum Gasteiger partial charge on any atom is 0.191 e. The first-order chi connectivity index (χ1) is 12.2. The number of hydrogen-bond acceptors (Lipinski definition) is 5. The lowest BCUT2D eigenvalue weighted by Gasteiger charge is -2.17. The molecular weight excluding hydrogens is 355 g/mol. The van der Waals surface area contributed by atoms with E-state index in [0.717, 1.165) is 33.6 Å². The van der Waals surface area contributed by atoms with Gasteiger partial charge in [-0.05, 0) is 36.8 Å². The molecule has 2 atom stereocenters. The van der Waals surface area contributed by atoms with Crippen molar-refractivity contribution >= 4 is 23.5 Å². The van der Waals surface area contributed by atoms with E-state index >= 15 is 0 Å². The molecule has 0 amide bonds. The molecular formula is C18H17FN4S2. The van der Waals surface area contributed by atoms with Crippen LogP contribution in [0.2, 0.25) is 0 Å². The van der Waals surface area contributed by atoms with E-state index in [1.54, 1.807) is 18.0 Å². The standard InChI is InChI=1S/C18H17FN4S2/c1-12(13-4-6-15(19)7-5-13)24-10-16-11-25-18-22-21-17(23(16)18)14-3-2-8-20-9-14/h2-9,12,16H,10-11H2,1H3. The van der Waals surface area contributed by atoms with Gasteiger partial charge in [0.05, 0.1) is 6.04 Å². The van der Waals surface area contributed by atoms with Gasteiger partial charge in [-0.3, -0.25) is 9.55 Å². The zero-order valence-electron chi connectivity index (χ0n) is 13.7. The van der Waals surface area contributed by atoms with Crippen LogP contribution in [0.3, 0.4) is 0 Å². The number of halogens is 1. The summed E-state index contributed by atoms with van der Waals surface area (Å²) in [7, 11) is 0. The Morgan fingerprint density at radius 2 is 2.12 bits per heavy atom. The van der Waals surface area contributed by atoms with Crippen LogP contribution in [0.5, 0.6) is 0 Å². The third-order valence-corrected chi connectivity index (χ3v) is 6.67. The Morgan fingerprint density at radius 1 is 1.28 bits per heavy atom. The molecule has 4 nitrogen and oxygen atoms in total. The molecule has 1 aliphatic rings. The first kappa shape index (κ1) is 16.6. The molecule has 2 unspecified atom stereocenters. The summed E-state index contributed by atoms with van der Waals surface area (Å²) in [4.78, 5) is 4.19. The lowest BCUT2D eigenvalue weighted by molar-refractivity contribution is 0.596. The highest BCUT2D eigenvalue weighted by atomic mass is 32.2. The Labute approximate surface area is 154 Å². The van der Waals surface area contributed by atoms with Crippen molar-refractivity contribution in [3.63, 3.8) is 0 Å². The van der Waals surface area contributed by atoms with Crippen molar-refractivity contribution in [2.45, 2.75) is 23.4 Å². The maximum absolute atomic E-state index is 13.1. The number of benzene rings is 1. The number of thioether (sulfide) groups is 2. The minimum atomic E-state index is -0.191. The van der Waals surface area contributed by atoms with Crippen LogP contribution >= 0.6 is 23.5 Å². The normalized spacial score (nSPS) is 17.4. The largest absolute Gasteiger partial charge is 0.297 e. The fraction of sp³-hybridized carbons (Fsp3) is 0.278. The highest BCUT2D eigenvalue weighted by molar-refractivity contribution is 8.00. The van der Waals surface area contributed by atoms with Gasteiger partial charge in [-0.25, -0.2) is 4.39 Å². The maximum atomic E-state index is 13.1. The van der Waals surface area contributed by atoms with Gasteiger partial charge in [-0.2, -0.15) is 11.8 Å². The van der Waals surface area contributed by atoms with E-state index in [4.69, 9.17) is 0 Å². The van der Waals surface area contributed by atoms with Crippen molar-refractivity contribution in [1.82, 2.24) is 19.7 Å². The Morgan fingerprint density at radius 3 is 2.88 bits per heavy atom. The zero-order chi connectivity index (χ0) is 17.2. The van der Waals surface area contributed by atoms with Gasteiger partial charge < -0.3 is 0 Å². The second-order valence-corrected chi connectivity index (χ2v) is 8.27. The van der Waals surface area contributed by atoms with Gasteiger partial charge in [0.25, 0.3) is 0 Å². The van der Waals surface area contributed by atoms with Crippen LogP contribution in [-0.4, -0.2) is 31.3 Å². The molecule has 0 N–H and O–H groups in total. The highest BCUT2D eigenvalue weighted by Crippen LogP contribution is 2.40. The summed E-state index contributed by atoms with van der Waals surface area (Å²) in [5.41, 5.74) is 2.14. The predicted octanol–water partition coefficient (Wildman–Crippen LogP) is 4.62. The van der Waals surface area contributed by atoms with Crippen LogP contribution in [0.4, 0.5) is 4.39 Å². The molecule has 0 radical (unpaired) electrons. The molecule has 1 aliphatic heterocycles. The van der Waals surface area contributed by atoms with Crippen LogP contribution in [0.1, 0.15) is 23.8 Å². The molecule has 0 saturated heterocycles. The minimum Gasteiger partial charge on any atom is -0.297 e. The molecule has 0 fully saturated rings. The second-order valence-electron chi connectivity index (χ2n) is 5.91. The summed E-state index contributed by atoms with van der Waals surface area (Å²) in [5.74, 6) is 2.65. The topological polar surface area (TPSA) is 43.6 Å². The van der Waals surface area contributed by atoms with Crippen molar-refractivity contribution in [3.8, 4) is 11.4 Å². The van der Waals surface area contributed by atoms with Crippen molar-refractivity contribution < 1.29 is 4.39 Å². The van der Waals surface area contributed by atoms with Crippen LogP contribution < -0.4 is 0 Å². The summed E-state index contributed by atoms with van der Waals surface area (Å²) < 4.78 is 15.3. The number of aromatic nitrogens is 4. The molecule has 0 bridgehead atoms. The van der Waals surface area contributed by atoms with E-state index < -0.39 is 0 Å². The summed E-state index contributed by atoms with van der Waals surface area (Å²) in [5, 5.41) is 9.95. The zero-order valence-corrected chi connectivity index (χ0v) is 15.3. The first-order valence-corrected chi connectivity index (χ1v) is 10.1. The number of hydrogen-bond donors (Lipinski definition) is 0. The monoisotopic (exact) mass is 372 g/mol. The van der Waals surface area contributed by atoms with Crippen LogP contribution in [0, 0.1) is 5.82 Å². The van der Waals surface area contributed by atoms with Gasteiger partial charge in [-0.1, -0.05) is 23.9 Å². The molecule has 2 aromatic heterocycles. The van der Waals surface area contributed by atoms with E-state index in [1.807, 2.05) is 42.2 Å². The molecule has 3 heterocycles. The molecule has 0 aliphatic carbocycles. The van der Waals surface area contributed by atoms with Crippen molar-refractivity contribution in [1.29, 1.82) is 0 Å². The van der Waals surface area contributed by atoms with Gasteiger partial charge in [-0.15, -0.1) is 10.2 Å². The third-order valence-electron chi connectivity index (χ3n) is 4.23. The number of fused-ring (bicyclic) bond motifs is 1. The fourth-order valence-corrected chi connectivity index (χ4v) is 5.21. The Hall–Kier alpha value is -1.86. The molecule has 128 valence electrons. The van der Waals surface area contributed by atoms with E-state index in [0.29, 0.717) is 11.3 Å². The highest BCUT2D eigenvalue weighted by Gasteiger charge is 2.29. The van der Waals surface area contributed by atoms with Gasteiger partial charge >= 0.3 is 0 Å². The van der Waals surface area contributed by atoms with E-state index in [2.05, 4.69) is 26.7 Å². The number of nitrogens with zero attached hydrogens (tertiary/aromatic N) is 4. The number of rotatable bonds is 5. The molecule has 4 rings (SSSR count). The lowest BCUT2D eigenvalue weighted by atomic mass is 10.2. The average Bonchev–Trinajstić information content (AvgIpc) is 3.23. The van der Waals surface area contributed by atoms with Crippen molar-refractivity contribution in [2.75, 3.05) is 11.5 Å². The molecule has 1 aromatic carbocycles. The molecule has 3 aromatic rings. The molecule has 7 heteroatoms. The van der Waals surface area contributed by atoms with Crippen molar-refractivity contribution in [3.05, 3.63) is 60.2 Å². The summed E-state index contributed by atoms with van der Waals surface area (Å²) in [6, 6.07) is 11.0. The SMILES string of the molecule is CC(SCC1CSc2nnc(-c3cccnc3)n21)c1ccc(F)cc1. The van der Waals surface area contributed by atoms with E-state index in [1.165, 1.54) is 12.1 Å². The first-order valence-electron chi connectivity index (χ1n) is 8.07. The number of pyridine rings is 1.